The van der Waals surface area contributed by atoms with E-state index in [-0.39, 0.29) is 24.4 Å². The van der Waals surface area contributed by atoms with Gasteiger partial charge in [0.2, 0.25) is 11.8 Å². The molecular formula is C13H16ClN3O2. The number of benzene rings is 1. The van der Waals surface area contributed by atoms with Crippen LogP contribution in [0.5, 0.6) is 0 Å². The fraction of sp³-hybridized carbons (Fsp3) is 0.385. The Balaban J connectivity index is 1.72. The Hall–Kier alpha value is -1.59. The molecule has 1 aromatic carbocycles. The van der Waals surface area contributed by atoms with E-state index in [2.05, 4.69) is 16.0 Å². The van der Waals surface area contributed by atoms with E-state index in [1.807, 2.05) is 24.3 Å². The molecular weight excluding hydrogens is 266 g/mol. The van der Waals surface area contributed by atoms with Crippen LogP contribution in [-0.2, 0) is 16.0 Å². The van der Waals surface area contributed by atoms with E-state index < -0.39 is 0 Å². The second kappa shape index (κ2) is 6.54. The summed E-state index contributed by atoms with van der Waals surface area (Å²) < 4.78 is 0. The minimum atomic E-state index is -0.345. The largest absolute Gasteiger partial charge is 0.354 e. The number of nitrogens with one attached hydrogen (secondary N) is 3. The summed E-state index contributed by atoms with van der Waals surface area (Å²) >= 11 is 5.80. The number of carbonyl (C=O) groups is 2. The highest BCUT2D eigenvalue weighted by Gasteiger charge is 2.22. The number of amides is 2. The Bertz CT molecular complexity index is 451. The first-order valence-corrected chi connectivity index (χ1v) is 6.55. The highest BCUT2D eigenvalue weighted by molar-refractivity contribution is 6.30. The molecule has 0 bridgehead atoms. The van der Waals surface area contributed by atoms with Crippen LogP contribution in [0.25, 0.3) is 0 Å². The van der Waals surface area contributed by atoms with Crippen LogP contribution >= 0.6 is 11.6 Å². The molecule has 1 aliphatic heterocycles. The number of hydrogen-bond donors (Lipinski definition) is 3. The number of hydrogen-bond acceptors (Lipinski definition) is 3. The molecule has 1 heterocycles. The highest BCUT2D eigenvalue weighted by atomic mass is 35.5. The van der Waals surface area contributed by atoms with Crippen LogP contribution in [0.1, 0.15) is 5.56 Å². The van der Waals surface area contributed by atoms with Gasteiger partial charge in [0.15, 0.2) is 0 Å². The van der Waals surface area contributed by atoms with Gasteiger partial charge in [-0.25, -0.2) is 0 Å². The van der Waals surface area contributed by atoms with E-state index >= 15 is 0 Å². The molecule has 3 N–H and O–H groups in total. The Kier molecular flexibility index (Phi) is 4.76. The maximum atomic E-state index is 11.8. The first-order chi connectivity index (χ1) is 9.15. The van der Waals surface area contributed by atoms with Crippen LogP contribution in [0.15, 0.2) is 24.3 Å². The van der Waals surface area contributed by atoms with E-state index in [1.165, 1.54) is 0 Å². The molecule has 102 valence electrons. The maximum absolute atomic E-state index is 11.8. The molecule has 0 saturated carbocycles. The lowest BCUT2D eigenvalue weighted by molar-refractivity contribution is -0.126. The summed E-state index contributed by atoms with van der Waals surface area (Å²) in [6.45, 7) is 1.09. The molecule has 6 heteroatoms. The fourth-order valence-electron chi connectivity index (χ4n) is 1.86. The zero-order valence-electron chi connectivity index (χ0n) is 10.4. The van der Waals surface area contributed by atoms with Gasteiger partial charge in [0.1, 0.15) is 6.04 Å². The molecule has 2 rings (SSSR count). The topological polar surface area (TPSA) is 70.2 Å². The zero-order valence-corrected chi connectivity index (χ0v) is 11.2. The second-order valence-electron chi connectivity index (χ2n) is 4.41. The third-order valence-corrected chi connectivity index (χ3v) is 3.21. The second-order valence-corrected chi connectivity index (χ2v) is 4.84. The minimum Gasteiger partial charge on any atom is -0.354 e. The lowest BCUT2D eigenvalue weighted by Crippen LogP contribution is -2.58. The molecule has 0 aliphatic carbocycles. The van der Waals surface area contributed by atoms with Crippen LogP contribution in [0.4, 0.5) is 0 Å². The molecule has 0 radical (unpaired) electrons. The average Bonchev–Trinajstić information content (AvgIpc) is 2.41. The quantitative estimate of drug-likeness (QED) is 0.732. The fourth-order valence-corrected chi connectivity index (χ4v) is 1.98. The van der Waals surface area contributed by atoms with Gasteiger partial charge < -0.3 is 10.6 Å². The molecule has 0 aromatic heterocycles. The summed E-state index contributed by atoms with van der Waals surface area (Å²) in [6, 6.07) is 7.19. The van der Waals surface area contributed by atoms with Crippen molar-refractivity contribution in [2.45, 2.75) is 12.5 Å². The molecule has 5 nitrogen and oxygen atoms in total. The lowest BCUT2D eigenvalue weighted by Gasteiger charge is -2.23. The van der Waals surface area contributed by atoms with E-state index in [1.54, 1.807) is 0 Å². The van der Waals surface area contributed by atoms with Crippen molar-refractivity contribution in [1.29, 1.82) is 0 Å². The molecule has 1 atom stereocenters. The Morgan fingerprint density at radius 3 is 2.74 bits per heavy atom. The van der Waals surface area contributed by atoms with Crippen LogP contribution in [0.2, 0.25) is 5.02 Å². The normalized spacial score (nSPS) is 18.8. The Morgan fingerprint density at radius 1 is 1.37 bits per heavy atom. The summed E-state index contributed by atoms with van der Waals surface area (Å²) in [6.07, 6.45) is 0.752. The summed E-state index contributed by atoms with van der Waals surface area (Å²) in [5, 5.41) is 9.08. The number of halogens is 1. The standard InChI is InChI=1S/C13H16ClN3O2/c14-10-3-1-9(2-4-10)5-6-15-13(19)11-7-17-12(18)8-16-11/h1-4,11,16H,5-8H2,(H,15,19)(H,17,18). The molecule has 0 spiro atoms. The van der Waals surface area contributed by atoms with Gasteiger partial charge in [-0.05, 0) is 24.1 Å². The van der Waals surface area contributed by atoms with Crippen molar-refractivity contribution in [3.05, 3.63) is 34.9 Å². The summed E-state index contributed by atoms with van der Waals surface area (Å²) in [7, 11) is 0. The average molecular weight is 282 g/mol. The van der Waals surface area contributed by atoms with Crippen molar-refractivity contribution in [3.63, 3.8) is 0 Å². The zero-order chi connectivity index (χ0) is 13.7. The first-order valence-electron chi connectivity index (χ1n) is 6.17. The van der Waals surface area contributed by atoms with Gasteiger partial charge in [-0.15, -0.1) is 0 Å². The monoisotopic (exact) mass is 281 g/mol. The van der Waals surface area contributed by atoms with Crippen LogP contribution in [-0.4, -0.2) is 37.5 Å². The van der Waals surface area contributed by atoms with Crippen molar-refractivity contribution in [1.82, 2.24) is 16.0 Å². The van der Waals surface area contributed by atoms with Crippen molar-refractivity contribution >= 4 is 23.4 Å². The Morgan fingerprint density at radius 2 is 2.11 bits per heavy atom. The predicted molar refractivity (Wildman–Crippen MR) is 73.0 cm³/mol. The van der Waals surface area contributed by atoms with Gasteiger partial charge in [0.05, 0.1) is 6.54 Å². The van der Waals surface area contributed by atoms with E-state index in [0.717, 1.165) is 12.0 Å². The summed E-state index contributed by atoms with van der Waals surface area (Å²) in [4.78, 5) is 22.7. The predicted octanol–water partition coefficient (Wildman–Crippen LogP) is 0.0867. The minimum absolute atomic E-state index is 0.0785. The van der Waals surface area contributed by atoms with Gasteiger partial charge in [-0.1, -0.05) is 23.7 Å². The smallest absolute Gasteiger partial charge is 0.238 e. The molecule has 1 unspecified atom stereocenters. The van der Waals surface area contributed by atoms with Crippen molar-refractivity contribution in [2.24, 2.45) is 0 Å². The van der Waals surface area contributed by atoms with E-state index in [4.69, 9.17) is 11.6 Å². The third kappa shape index (κ3) is 4.22. The molecule has 2 amide bonds. The van der Waals surface area contributed by atoms with Crippen molar-refractivity contribution < 1.29 is 9.59 Å². The van der Waals surface area contributed by atoms with Crippen LogP contribution < -0.4 is 16.0 Å². The summed E-state index contributed by atoms with van der Waals surface area (Å²) in [5.41, 5.74) is 1.12. The van der Waals surface area contributed by atoms with Gasteiger partial charge in [0, 0.05) is 18.1 Å². The van der Waals surface area contributed by atoms with Crippen molar-refractivity contribution in [2.75, 3.05) is 19.6 Å². The molecule has 1 aliphatic rings. The Labute approximate surface area is 116 Å². The van der Waals surface area contributed by atoms with E-state index in [0.29, 0.717) is 18.1 Å². The number of carbonyl (C=O) groups excluding carboxylic acids is 2. The lowest BCUT2D eigenvalue weighted by atomic mass is 10.1. The highest BCUT2D eigenvalue weighted by Crippen LogP contribution is 2.09. The number of rotatable bonds is 4. The number of piperazine rings is 1. The first kappa shape index (κ1) is 13.8. The van der Waals surface area contributed by atoms with Crippen LogP contribution in [0.3, 0.4) is 0 Å². The van der Waals surface area contributed by atoms with Crippen molar-refractivity contribution in [3.8, 4) is 0 Å². The molecule has 1 fully saturated rings. The maximum Gasteiger partial charge on any atom is 0.238 e. The third-order valence-electron chi connectivity index (χ3n) is 2.96. The molecule has 19 heavy (non-hydrogen) atoms. The SMILES string of the molecule is O=C1CNC(C(=O)NCCc2ccc(Cl)cc2)CN1. The van der Waals surface area contributed by atoms with Gasteiger partial charge in [-0.3, -0.25) is 14.9 Å². The summed E-state index contributed by atoms with van der Waals surface area (Å²) in [5.74, 6) is -0.167. The van der Waals surface area contributed by atoms with Gasteiger partial charge >= 0.3 is 0 Å². The van der Waals surface area contributed by atoms with Gasteiger partial charge in [-0.2, -0.15) is 0 Å². The van der Waals surface area contributed by atoms with Crippen LogP contribution in [0, 0.1) is 0 Å². The van der Waals surface area contributed by atoms with Gasteiger partial charge in [0.25, 0.3) is 0 Å². The molecule has 1 saturated heterocycles. The van der Waals surface area contributed by atoms with E-state index in [9.17, 15) is 9.59 Å². The molecule has 1 aromatic rings.